The van der Waals surface area contributed by atoms with E-state index in [9.17, 15) is 0 Å². The van der Waals surface area contributed by atoms with Gasteiger partial charge in [0.05, 0.1) is 5.39 Å². The Morgan fingerprint density at radius 2 is 1.96 bits per heavy atom. The van der Waals surface area contributed by atoms with Crippen LogP contribution < -0.4 is 5.73 Å². The third-order valence-corrected chi connectivity index (χ3v) is 5.56. The lowest BCUT2D eigenvalue weighted by molar-refractivity contribution is 0.311. The van der Waals surface area contributed by atoms with E-state index in [-0.39, 0.29) is 0 Å². The fourth-order valence-corrected chi connectivity index (χ4v) is 4.23. The highest BCUT2D eigenvalue weighted by atomic mass is 15.3. The molecular formula is C20H22N6. The largest absolute Gasteiger partial charge is 0.383 e. The Kier molecular flexibility index (Phi) is 3.62. The van der Waals surface area contributed by atoms with E-state index < -0.39 is 0 Å². The Morgan fingerprint density at radius 1 is 1.12 bits per heavy atom. The molecular weight excluding hydrogens is 324 g/mol. The Morgan fingerprint density at radius 3 is 2.85 bits per heavy atom. The number of fused-ring (bicyclic) bond motifs is 2. The number of anilines is 1. The second-order valence-corrected chi connectivity index (χ2v) is 7.24. The number of H-pyrrole nitrogens is 1. The molecule has 0 bridgehead atoms. The maximum Gasteiger partial charge on any atom is 0.163 e. The van der Waals surface area contributed by atoms with Gasteiger partial charge in [0.15, 0.2) is 5.65 Å². The van der Waals surface area contributed by atoms with Gasteiger partial charge < -0.3 is 10.7 Å². The van der Waals surface area contributed by atoms with Crippen molar-refractivity contribution in [1.29, 1.82) is 0 Å². The summed E-state index contributed by atoms with van der Waals surface area (Å²) in [6.45, 7) is 0.898. The summed E-state index contributed by atoms with van der Waals surface area (Å²) in [5.74, 6) is 1.16. The molecule has 0 unspecified atom stereocenters. The molecule has 1 fully saturated rings. The van der Waals surface area contributed by atoms with Crippen molar-refractivity contribution in [3.8, 4) is 11.3 Å². The summed E-state index contributed by atoms with van der Waals surface area (Å²) in [6, 6.07) is 8.24. The van der Waals surface area contributed by atoms with E-state index >= 15 is 0 Å². The van der Waals surface area contributed by atoms with E-state index in [0.717, 1.165) is 39.7 Å². The van der Waals surface area contributed by atoms with Crippen molar-refractivity contribution >= 4 is 27.8 Å². The zero-order valence-corrected chi connectivity index (χ0v) is 14.7. The number of nitrogens with zero attached hydrogens (tertiary/aromatic N) is 4. The first-order chi connectivity index (χ1) is 12.8. The van der Waals surface area contributed by atoms with Crippen molar-refractivity contribution in [1.82, 2.24) is 24.7 Å². The molecule has 3 heterocycles. The van der Waals surface area contributed by atoms with E-state index in [4.69, 9.17) is 10.8 Å². The molecule has 1 aliphatic carbocycles. The van der Waals surface area contributed by atoms with Gasteiger partial charge in [-0.25, -0.2) is 14.6 Å². The topological polar surface area (TPSA) is 85.4 Å². The van der Waals surface area contributed by atoms with E-state index in [1.54, 1.807) is 0 Å². The van der Waals surface area contributed by atoms with E-state index in [2.05, 4.69) is 27.1 Å². The molecule has 4 aromatic rings. The smallest absolute Gasteiger partial charge is 0.163 e. The molecule has 6 nitrogen and oxygen atoms in total. The molecule has 5 rings (SSSR count). The highest BCUT2D eigenvalue weighted by Crippen LogP contribution is 2.35. The van der Waals surface area contributed by atoms with Gasteiger partial charge in [-0.15, -0.1) is 0 Å². The summed E-state index contributed by atoms with van der Waals surface area (Å²) in [5.41, 5.74) is 10.1. The van der Waals surface area contributed by atoms with E-state index in [1.165, 1.54) is 38.4 Å². The molecule has 1 aliphatic rings. The maximum atomic E-state index is 6.24. The number of para-hydroxylation sites is 1. The van der Waals surface area contributed by atoms with Gasteiger partial charge in [0.2, 0.25) is 0 Å². The zero-order valence-electron chi connectivity index (χ0n) is 14.7. The van der Waals surface area contributed by atoms with Crippen LogP contribution in [0.4, 0.5) is 5.82 Å². The second kappa shape index (κ2) is 6.12. The normalized spacial score (nSPS) is 15.8. The van der Waals surface area contributed by atoms with Crippen LogP contribution in [0.15, 0.2) is 36.8 Å². The number of rotatable bonds is 3. The Balaban J connectivity index is 1.67. The fraction of sp³-hybridized carbons (Fsp3) is 0.350. The van der Waals surface area contributed by atoms with Gasteiger partial charge in [0.25, 0.3) is 0 Å². The fourth-order valence-electron chi connectivity index (χ4n) is 4.23. The van der Waals surface area contributed by atoms with Crippen molar-refractivity contribution in [3.63, 3.8) is 0 Å². The van der Waals surface area contributed by atoms with Crippen molar-refractivity contribution in [2.24, 2.45) is 5.92 Å². The van der Waals surface area contributed by atoms with Gasteiger partial charge in [0, 0.05) is 29.2 Å². The molecule has 0 atom stereocenters. The molecule has 0 radical (unpaired) electrons. The molecule has 0 aliphatic heterocycles. The van der Waals surface area contributed by atoms with Crippen molar-refractivity contribution < 1.29 is 0 Å². The molecule has 26 heavy (non-hydrogen) atoms. The van der Waals surface area contributed by atoms with Crippen LogP contribution >= 0.6 is 0 Å². The summed E-state index contributed by atoms with van der Waals surface area (Å²) < 4.78 is 2.04. The third-order valence-electron chi connectivity index (χ3n) is 5.56. The number of hydrogen-bond acceptors (Lipinski definition) is 4. The van der Waals surface area contributed by atoms with Gasteiger partial charge >= 0.3 is 0 Å². The predicted octanol–water partition coefficient (Wildman–Crippen LogP) is 4.14. The van der Waals surface area contributed by atoms with Crippen LogP contribution in [0.5, 0.6) is 0 Å². The Bertz CT molecular complexity index is 1070. The highest BCUT2D eigenvalue weighted by Gasteiger charge is 2.22. The average Bonchev–Trinajstić information content (AvgIpc) is 3.25. The minimum absolute atomic E-state index is 0.491. The minimum atomic E-state index is 0.491. The molecule has 6 heteroatoms. The van der Waals surface area contributed by atoms with Gasteiger partial charge in [-0.1, -0.05) is 37.5 Å². The first kappa shape index (κ1) is 15.4. The monoisotopic (exact) mass is 346 g/mol. The molecule has 1 aromatic carbocycles. The van der Waals surface area contributed by atoms with Gasteiger partial charge in [0.1, 0.15) is 17.8 Å². The molecule has 1 saturated carbocycles. The number of hydrogen-bond donors (Lipinski definition) is 2. The number of benzene rings is 1. The molecule has 3 N–H and O–H groups in total. The number of nitrogens with one attached hydrogen (secondary N) is 1. The van der Waals surface area contributed by atoms with Crippen LogP contribution in [0.3, 0.4) is 0 Å². The molecule has 3 aromatic heterocycles. The standard InChI is InChI=1S/C20H22N6/c21-19-17-18(15-10-22-16-9-5-4-8-14(15)16)25-26(20(17)24-12-23-19)11-13-6-2-1-3-7-13/h4-5,8-10,12-13,22H,1-3,6-7,11H2,(H2,21,23,24). The van der Waals surface area contributed by atoms with E-state index in [0.29, 0.717) is 11.7 Å². The first-order valence-electron chi connectivity index (χ1n) is 9.35. The lowest BCUT2D eigenvalue weighted by Crippen LogP contribution is -2.15. The van der Waals surface area contributed by atoms with E-state index in [1.807, 2.05) is 23.0 Å². The third kappa shape index (κ3) is 2.44. The number of nitrogen functional groups attached to an aromatic ring is 1. The Labute approximate surface area is 151 Å². The van der Waals surface area contributed by atoms with Crippen molar-refractivity contribution in [3.05, 3.63) is 36.8 Å². The second-order valence-electron chi connectivity index (χ2n) is 7.24. The summed E-state index contributed by atoms with van der Waals surface area (Å²) >= 11 is 0. The summed E-state index contributed by atoms with van der Waals surface area (Å²) in [4.78, 5) is 12.1. The summed E-state index contributed by atoms with van der Waals surface area (Å²) in [5, 5.41) is 6.94. The molecule has 0 spiro atoms. The number of aromatic nitrogens is 5. The number of nitrogens with two attached hydrogens (primary N) is 1. The van der Waals surface area contributed by atoms with Crippen LogP contribution in [0.1, 0.15) is 32.1 Å². The summed E-state index contributed by atoms with van der Waals surface area (Å²) in [6.07, 6.45) is 10.1. The Hall–Kier alpha value is -2.89. The van der Waals surface area contributed by atoms with Gasteiger partial charge in [-0.3, -0.25) is 0 Å². The summed E-state index contributed by atoms with van der Waals surface area (Å²) in [7, 11) is 0. The van der Waals surface area contributed by atoms with Gasteiger partial charge in [-0.2, -0.15) is 5.10 Å². The molecule has 0 amide bonds. The van der Waals surface area contributed by atoms with Crippen molar-refractivity contribution in [2.45, 2.75) is 38.6 Å². The highest BCUT2D eigenvalue weighted by molar-refractivity contribution is 6.05. The first-order valence-corrected chi connectivity index (χ1v) is 9.35. The van der Waals surface area contributed by atoms with Crippen LogP contribution in [0.25, 0.3) is 33.2 Å². The number of aromatic amines is 1. The minimum Gasteiger partial charge on any atom is -0.383 e. The predicted molar refractivity (Wildman–Crippen MR) is 104 cm³/mol. The lowest BCUT2D eigenvalue weighted by Gasteiger charge is -2.21. The maximum absolute atomic E-state index is 6.24. The van der Waals surface area contributed by atoms with Crippen LogP contribution in [0.2, 0.25) is 0 Å². The molecule has 132 valence electrons. The van der Waals surface area contributed by atoms with Crippen LogP contribution in [-0.2, 0) is 6.54 Å². The molecule has 0 saturated heterocycles. The van der Waals surface area contributed by atoms with Crippen LogP contribution in [-0.4, -0.2) is 24.7 Å². The zero-order chi connectivity index (χ0) is 17.5. The quantitative estimate of drug-likeness (QED) is 0.584. The SMILES string of the molecule is Nc1ncnc2c1c(-c1c[nH]c3ccccc13)nn2CC1CCCCC1. The lowest BCUT2D eigenvalue weighted by atomic mass is 9.89. The van der Waals surface area contributed by atoms with Gasteiger partial charge in [-0.05, 0) is 24.8 Å². The van der Waals surface area contributed by atoms with Crippen molar-refractivity contribution in [2.75, 3.05) is 5.73 Å². The average molecular weight is 346 g/mol. The van der Waals surface area contributed by atoms with Crippen LogP contribution in [0, 0.1) is 5.92 Å².